The summed E-state index contributed by atoms with van der Waals surface area (Å²) in [7, 11) is 0. The van der Waals surface area contributed by atoms with Crippen molar-refractivity contribution in [2.24, 2.45) is 4.99 Å². The minimum absolute atomic E-state index is 0.00435. The first kappa shape index (κ1) is 15.4. The second-order valence-corrected chi connectivity index (χ2v) is 6.25. The van der Waals surface area contributed by atoms with Gasteiger partial charge in [-0.3, -0.25) is 0 Å². The Labute approximate surface area is 127 Å². The predicted octanol–water partition coefficient (Wildman–Crippen LogP) is 3.69. The standard InChI is InChI=1S/C18H25N3/c1-5-19-17(21-18(2,3)4)20-13-14-10-11-15-8-6-7-9-16(15)12-14/h6-12H,5,13H2,1-4H3,(H2,19,20,21). The van der Waals surface area contributed by atoms with Crippen LogP contribution in [-0.4, -0.2) is 18.0 Å². The van der Waals surface area contributed by atoms with Gasteiger partial charge in [-0.2, -0.15) is 0 Å². The fraction of sp³-hybridized carbons (Fsp3) is 0.389. The summed E-state index contributed by atoms with van der Waals surface area (Å²) in [6.07, 6.45) is 0. The first-order valence-electron chi connectivity index (χ1n) is 7.52. The lowest BCUT2D eigenvalue weighted by Gasteiger charge is -2.23. The van der Waals surface area contributed by atoms with Crippen LogP contribution in [0.1, 0.15) is 33.3 Å². The second-order valence-electron chi connectivity index (χ2n) is 6.25. The Balaban J connectivity index is 2.15. The van der Waals surface area contributed by atoms with E-state index in [2.05, 4.69) is 85.8 Å². The van der Waals surface area contributed by atoms with Crippen LogP contribution in [0.5, 0.6) is 0 Å². The number of hydrogen-bond acceptors (Lipinski definition) is 1. The van der Waals surface area contributed by atoms with E-state index in [0.29, 0.717) is 6.54 Å². The zero-order valence-electron chi connectivity index (χ0n) is 13.4. The van der Waals surface area contributed by atoms with Gasteiger partial charge in [0.1, 0.15) is 0 Å². The molecule has 0 fully saturated rings. The van der Waals surface area contributed by atoms with Gasteiger partial charge in [-0.25, -0.2) is 4.99 Å². The van der Waals surface area contributed by atoms with Crippen LogP contribution in [0.25, 0.3) is 10.8 Å². The molecule has 0 saturated carbocycles. The Bertz CT molecular complexity index is 624. The minimum atomic E-state index is 0.00435. The van der Waals surface area contributed by atoms with Crippen LogP contribution in [0.3, 0.4) is 0 Å². The predicted molar refractivity (Wildman–Crippen MR) is 91.7 cm³/mol. The minimum Gasteiger partial charge on any atom is -0.357 e. The molecule has 0 aliphatic heterocycles. The lowest BCUT2D eigenvalue weighted by molar-refractivity contribution is 0.501. The number of benzene rings is 2. The summed E-state index contributed by atoms with van der Waals surface area (Å²) < 4.78 is 0. The van der Waals surface area contributed by atoms with E-state index in [9.17, 15) is 0 Å². The third kappa shape index (κ3) is 4.78. The van der Waals surface area contributed by atoms with Gasteiger partial charge in [-0.1, -0.05) is 36.4 Å². The zero-order chi connectivity index (χ0) is 15.3. The molecule has 2 rings (SSSR count). The molecular formula is C18H25N3. The molecule has 3 heteroatoms. The van der Waals surface area contributed by atoms with Crippen molar-refractivity contribution in [3.8, 4) is 0 Å². The highest BCUT2D eigenvalue weighted by atomic mass is 15.2. The molecule has 112 valence electrons. The molecule has 2 N–H and O–H groups in total. The van der Waals surface area contributed by atoms with Gasteiger partial charge in [-0.05, 0) is 50.1 Å². The van der Waals surface area contributed by atoms with Crippen LogP contribution in [0, 0.1) is 0 Å². The fourth-order valence-corrected chi connectivity index (χ4v) is 2.17. The summed E-state index contributed by atoms with van der Waals surface area (Å²) in [5.74, 6) is 0.859. The Hall–Kier alpha value is -2.03. The monoisotopic (exact) mass is 283 g/mol. The number of nitrogens with one attached hydrogen (secondary N) is 2. The molecule has 0 bridgehead atoms. The van der Waals surface area contributed by atoms with Gasteiger partial charge in [0.2, 0.25) is 0 Å². The van der Waals surface area contributed by atoms with E-state index in [1.165, 1.54) is 16.3 Å². The number of guanidine groups is 1. The van der Waals surface area contributed by atoms with Crippen LogP contribution < -0.4 is 10.6 Å². The molecule has 0 atom stereocenters. The van der Waals surface area contributed by atoms with Crippen molar-refractivity contribution in [2.75, 3.05) is 6.54 Å². The molecule has 0 radical (unpaired) electrons. The largest absolute Gasteiger partial charge is 0.357 e. The molecule has 0 aliphatic carbocycles. The van der Waals surface area contributed by atoms with Gasteiger partial charge in [0.25, 0.3) is 0 Å². The maximum Gasteiger partial charge on any atom is 0.191 e. The summed E-state index contributed by atoms with van der Waals surface area (Å²) in [4.78, 5) is 4.67. The average Bonchev–Trinajstić information content (AvgIpc) is 2.43. The summed E-state index contributed by atoms with van der Waals surface area (Å²) in [5, 5.41) is 9.22. The third-order valence-electron chi connectivity index (χ3n) is 3.07. The van der Waals surface area contributed by atoms with Crippen molar-refractivity contribution >= 4 is 16.7 Å². The molecule has 21 heavy (non-hydrogen) atoms. The molecule has 0 amide bonds. The van der Waals surface area contributed by atoms with Crippen LogP contribution in [0.2, 0.25) is 0 Å². The topological polar surface area (TPSA) is 36.4 Å². The first-order valence-corrected chi connectivity index (χ1v) is 7.52. The zero-order valence-corrected chi connectivity index (χ0v) is 13.4. The Morgan fingerprint density at radius 3 is 2.43 bits per heavy atom. The summed E-state index contributed by atoms with van der Waals surface area (Å²) >= 11 is 0. The van der Waals surface area contributed by atoms with E-state index >= 15 is 0 Å². The molecule has 0 aliphatic rings. The normalized spacial score (nSPS) is 12.5. The van der Waals surface area contributed by atoms with Gasteiger partial charge < -0.3 is 10.6 Å². The maximum absolute atomic E-state index is 4.67. The van der Waals surface area contributed by atoms with Gasteiger partial charge in [-0.15, -0.1) is 0 Å². The average molecular weight is 283 g/mol. The smallest absolute Gasteiger partial charge is 0.191 e. The van der Waals surface area contributed by atoms with E-state index in [-0.39, 0.29) is 5.54 Å². The SMILES string of the molecule is CCNC(=NCc1ccc2ccccc2c1)NC(C)(C)C. The van der Waals surface area contributed by atoms with E-state index in [1.54, 1.807) is 0 Å². The Kier molecular flexibility index (Phi) is 4.84. The summed E-state index contributed by atoms with van der Waals surface area (Å²) in [6, 6.07) is 14.9. The van der Waals surface area contributed by atoms with Crippen molar-refractivity contribution < 1.29 is 0 Å². The molecule has 0 heterocycles. The number of rotatable bonds is 3. The van der Waals surface area contributed by atoms with Gasteiger partial charge in [0.05, 0.1) is 6.54 Å². The lowest BCUT2D eigenvalue weighted by atomic mass is 10.1. The van der Waals surface area contributed by atoms with Crippen LogP contribution in [-0.2, 0) is 6.54 Å². The van der Waals surface area contributed by atoms with Crippen LogP contribution >= 0.6 is 0 Å². The number of nitrogens with zero attached hydrogens (tertiary/aromatic N) is 1. The van der Waals surface area contributed by atoms with Crippen molar-refractivity contribution in [1.29, 1.82) is 0 Å². The quantitative estimate of drug-likeness (QED) is 0.666. The van der Waals surface area contributed by atoms with Crippen molar-refractivity contribution in [3.63, 3.8) is 0 Å². The number of aliphatic imine (C=N–C) groups is 1. The van der Waals surface area contributed by atoms with Gasteiger partial charge >= 0.3 is 0 Å². The highest BCUT2D eigenvalue weighted by Crippen LogP contribution is 2.16. The van der Waals surface area contributed by atoms with Crippen LogP contribution in [0.4, 0.5) is 0 Å². The van der Waals surface area contributed by atoms with E-state index in [0.717, 1.165) is 12.5 Å². The maximum atomic E-state index is 4.67. The summed E-state index contributed by atoms with van der Waals surface area (Å²) in [6.45, 7) is 10.0. The Morgan fingerprint density at radius 2 is 1.76 bits per heavy atom. The molecule has 2 aromatic carbocycles. The molecular weight excluding hydrogens is 258 g/mol. The van der Waals surface area contributed by atoms with Gasteiger partial charge in [0, 0.05) is 12.1 Å². The molecule has 0 unspecified atom stereocenters. The molecule has 0 saturated heterocycles. The van der Waals surface area contributed by atoms with Crippen molar-refractivity contribution in [2.45, 2.75) is 39.8 Å². The van der Waals surface area contributed by atoms with Crippen LogP contribution in [0.15, 0.2) is 47.5 Å². The number of fused-ring (bicyclic) bond motifs is 1. The molecule has 0 spiro atoms. The second kappa shape index (κ2) is 6.61. The third-order valence-corrected chi connectivity index (χ3v) is 3.07. The van der Waals surface area contributed by atoms with E-state index in [4.69, 9.17) is 0 Å². The highest BCUT2D eigenvalue weighted by molar-refractivity contribution is 5.83. The van der Waals surface area contributed by atoms with E-state index < -0.39 is 0 Å². The molecule has 0 aromatic heterocycles. The Morgan fingerprint density at radius 1 is 1.05 bits per heavy atom. The van der Waals surface area contributed by atoms with Gasteiger partial charge in [0.15, 0.2) is 5.96 Å². The first-order chi connectivity index (χ1) is 9.98. The molecule has 3 nitrogen and oxygen atoms in total. The lowest BCUT2D eigenvalue weighted by Crippen LogP contribution is -2.47. The number of hydrogen-bond donors (Lipinski definition) is 2. The highest BCUT2D eigenvalue weighted by Gasteiger charge is 2.11. The molecule has 2 aromatic rings. The summed E-state index contributed by atoms with van der Waals surface area (Å²) in [5.41, 5.74) is 1.23. The fourth-order valence-electron chi connectivity index (χ4n) is 2.17. The van der Waals surface area contributed by atoms with E-state index in [1.807, 2.05) is 0 Å². The van der Waals surface area contributed by atoms with Crippen molar-refractivity contribution in [3.05, 3.63) is 48.0 Å². The van der Waals surface area contributed by atoms with Crippen molar-refractivity contribution in [1.82, 2.24) is 10.6 Å².